The number of methoxy groups -OCH3 is 1. The first-order chi connectivity index (χ1) is 12.2. The Hall–Kier alpha value is -1.86. The number of aromatic nitrogens is 1. The highest BCUT2D eigenvalue weighted by Gasteiger charge is 2.18. The van der Waals surface area contributed by atoms with Gasteiger partial charge in [-0.1, -0.05) is 20.8 Å². The fourth-order valence-corrected chi connectivity index (χ4v) is 3.58. The van der Waals surface area contributed by atoms with E-state index < -0.39 is 5.41 Å². The minimum atomic E-state index is -0.488. The topological polar surface area (TPSA) is 68.4 Å². The number of Topliss-reactive ketones (excluding diaryl/α,β-unsaturated/α-hetero) is 1. The molecule has 140 valence electrons. The maximum absolute atomic E-state index is 12.2. The second-order valence-electron chi connectivity index (χ2n) is 6.65. The summed E-state index contributed by atoms with van der Waals surface area (Å²) in [6.45, 7) is 7.94. The Kier molecular flexibility index (Phi) is 6.47. The summed E-state index contributed by atoms with van der Waals surface area (Å²) in [5.74, 6) is 1.17. The molecule has 0 amide bonds. The van der Waals surface area contributed by atoms with Crippen molar-refractivity contribution in [2.75, 3.05) is 13.7 Å². The molecule has 5 nitrogen and oxygen atoms in total. The van der Waals surface area contributed by atoms with Crippen molar-refractivity contribution in [2.24, 2.45) is 5.41 Å². The third-order valence-corrected chi connectivity index (χ3v) is 5.07. The van der Waals surface area contributed by atoms with E-state index in [9.17, 15) is 9.59 Å². The quantitative estimate of drug-likeness (QED) is 0.777. The van der Waals surface area contributed by atoms with Gasteiger partial charge in [0.2, 0.25) is 0 Å². The smallest absolute Gasteiger partial charge is 0.266 e. The van der Waals surface area contributed by atoms with Gasteiger partial charge in [0, 0.05) is 11.5 Å². The lowest BCUT2D eigenvalue weighted by molar-refractivity contribution is -0.119. The van der Waals surface area contributed by atoms with Gasteiger partial charge in [0.15, 0.2) is 17.3 Å². The summed E-state index contributed by atoms with van der Waals surface area (Å²) in [7, 11) is 1.57. The molecule has 0 saturated carbocycles. The molecular formula is C19H22BrNO4S. The monoisotopic (exact) mass is 439 g/mol. The van der Waals surface area contributed by atoms with Crippen LogP contribution in [0.2, 0.25) is 0 Å². The molecule has 1 aromatic carbocycles. The number of nitrogens with one attached hydrogen (secondary N) is 1. The van der Waals surface area contributed by atoms with E-state index in [1.807, 2.05) is 33.8 Å². The van der Waals surface area contributed by atoms with Crippen LogP contribution in [0.5, 0.6) is 11.5 Å². The maximum Gasteiger partial charge on any atom is 0.266 e. The SMILES string of the molecule is CCOc1c(Br)cc(/C=c2\s/c(=C\C(=O)C(C)(C)C)[nH]c2=O)cc1OC. The molecular weight excluding hydrogens is 418 g/mol. The van der Waals surface area contributed by atoms with Crippen LogP contribution in [-0.2, 0) is 4.79 Å². The van der Waals surface area contributed by atoms with Crippen molar-refractivity contribution in [1.82, 2.24) is 4.98 Å². The summed E-state index contributed by atoms with van der Waals surface area (Å²) in [4.78, 5) is 27.1. The number of halogens is 1. The van der Waals surface area contributed by atoms with E-state index in [0.717, 1.165) is 10.0 Å². The van der Waals surface area contributed by atoms with E-state index in [4.69, 9.17) is 9.47 Å². The Morgan fingerprint density at radius 2 is 2.04 bits per heavy atom. The van der Waals surface area contributed by atoms with Gasteiger partial charge in [-0.2, -0.15) is 0 Å². The molecule has 1 N–H and O–H groups in total. The Morgan fingerprint density at radius 1 is 1.35 bits per heavy atom. The molecule has 26 heavy (non-hydrogen) atoms. The van der Waals surface area contributed by atoms with Crippen LogP contribution in [0.4, 0.5) is 0 Å². The van der Waals surface area contributed by atoms with E-state index >= 15 is 0 Å². The van der Waals surface area contributed by atoms with Gasteiger partial charge < -0.3 is 14.5 Å². The van der Waals surface area contributed by atoms with Gasteiger partial charge in [-0.25, -0.2) is 0 Å². The molecule has 2 rings (SSSR count). The minimum absolute atomic E-state index is 0.0352. The number of rotatable bonds is 5. The third kappa shape index (κ3) is 4.86. The summed E-state index contributed by atoms with van der Waals surface area (Å²) in [5, 5.41) is 0. The molecule has 0 radical (unpaired) electrons. The molecule has 0 atom stereocenters. The Bertz CT molecular complexity index is 982. The summed E-state index contributed by atoms with van der Waals surface area (Å²) in [5.41, 5.74) is 0.0723. The predicted molar refractivity (Wildman–Crippen MR) is 109 cm³/mol. The van der Waals surface area contributed by atoms with Crippen molar-refractivity contribution in [3.05, 3.63) is 41.7 Å². The molecule has 0 aliphatic rings. The largest absolute Gasteiger partial charge is 0.493 e. The molecule has 7 heteroatoms. The van der Waals surface area contributed by atoms with E-state index in [2.05, 4.69) is 20.9 Å². The number of benzene rings is 1. The van der Waals surface area contributed by atoms with Crippen molar-refractivity contribution < 1.29 is 14.3 Å². The van der Waals surface area contributed by atoms with E-state index in [1.54, 1.807) is 19.3 Å². The van der Waals surface area contributed by atoms with Crippen molar-refractivity contribution in [3.63, 3.8) is 0 Å². The molecule has 0 spiro atoms. The fraction of sp³-hybridized carbons (Fsp3) is 0.368. The lowest BCUT2D eigenvalue weighted by atomic mass is 9.91. The highest BCUT2D eigenvalue weighted by atomic mass is 79.9. The molecule has 0 saturated heterocycles. The number of carbonyl (C=O) groups excluding carboxylic acids is 1. The lowest BCUT2D eigenvalue weighted by Gasteiger charge is -2.12. The third-order valence-electron chi connectivity index (χ3n) is 3.52. The standard InChI is InChI=1S/C19H22BrNO4S/c1-6-25-17-12(20)7-11(8-13(17)24-5)9-14-18(23)21-16(26-14)10-15(22)19(2,3)4/h7-10H,6H2,1-5H3,(H,21,23)/b14-9-,16-10-. The van der Waals surface area contributed by atoms with Gasteiger partial charge in [0.1, 0.15) is 0 Å². The van der Waals surface area contributed by atoms with E-state index in [0.29, 0.717) is 27.3 Å². The summed E-state index contributed by atoms with van der Waals surface area (Å²) < 4.78 is 12.7. The summed E-state index contributed by atoms with van der Waals surface area (Å²) in [6.07, 6.45) is 3.24. The maximum atomic E-state index is 12.2. The van der Waals surface area contributed by atoms with Crippen LogP contribution in [0.1, 0.15) is 33.3 Å². The number of ether oxygens (including phenoxy) is 2. The zero-order valence-corrected chi connectivity index (χ0v) is 17.8. The molecule has 1 heterocycles. The molecule has 2 aromatic rings. The van der Waals surface area contributed by atoms with Crippen molar-refractivity contribution in [2.45, 2.75) is 27.7 Å². The number of aromatic amines is 1. The molecule has 0 aliphatic carbocycles. The van der Waals surface area contributed by atoms with Crippen LogP contribution in [-0.4, -0.2) is 24.5 Å². The Labute approximate surface area is 164 Å². The van der Waals surface area contributed by atoms with E-state index in [-0.39, 0.29) is 11.3 Å². The van der Waals surface area contributed by atoms with Crippen molar-refractivity contribution in [3.8, 4) is 11.5 Å². The number of thiazole rings is 1. The number of hydrogen-bond donors (Lipinski definition) is 1. The van der Waals surface area contributed by atoms with Gasteiger partial charge in [0.05, 0.1) is 27.4 Å². The Balaban J connectivity index is 2.52. The summed E-state index contributed by atoms with van der Waals surface area (Å²) >= 11 is 4.72. The minimum Gasteiger partial charge on any atom is -0.493 e. The van der Waals surface area contributed by atoms with Crippen LogP contribution < -0.4 is 24.2 Å². The number of carbonyl (C=O) groups is 1. The number of hydrogen-bond acceptors (Lipinski definition) is 5. The van der Waals surface area contributed by atoms with Crippen LogP contribution in [0.25, 0.3) is 12.2 Å². The van der Waals surface area contributed by atoms with Crippen LogP contribution in [0.3, 0.4) is 0 Å². The zero-order chi connectivity index (χ0) is 19.5. The zero-order valence-electron chi connectivity index (χ0n) is 15.4. The first-order valence-corrected chi connectivity index (χ1v) is 9.74. The van der Waals surface area contributed by atoms with E-state index in [1.165, 1.54) is 17.4 Å². The molecule has 0 aliphatic heterocycles. The predicted octanol–water partition coefficient (Wildman–Crippen LogP) is 2.83. The van der Waals surface area contributed by atoms with Crippen LogP contribution in [0, 0.1) is 5.41 Å². The number of H-pyrrole nitrogens is 1. The number of ketones is 1. The van der Waals surface area contributed by atoms with Gasteiger partial charge in [-0.3, -0.25) is 9.59 Å². The van der Waals surface area contributed by atoms with Gasteiger partial charge in [0.25, 0.3) is 5.56 Å². The van der Waals surface area contributed by atoms with Crippen molar-refractivity contribution >= 4 is 45.2 Å². The van der Waals surface area contributed by atoms with Crippen LogP contribution >= 0.6 is 27.3 Å². The second kappa shape index (κ2) is 8.22. The summed E-state index contributed by atoms with van der Waals surface area (Å²) in [6, 6.07) is 3.66. The van der Waals surface area contributed by atoms with Gasteiger partial charge in [-0.05, 0) is 46.6 Å². The lowest BCUT2D eigenvalue weighted by Crippen LogP contribution is -2.22. The van der Waals surface area contributed by atoms with Gasteiger partial charge >= 0.3 is 0 Å². The normalized spacial score (nSPS) is 13.2. The first kappa shape index (κ1) is 20.5. The molecule has 1 aromatic heterocycles. The second-order valence-corrected chi connectivity index (χ2v) is 8.59. The van der Waals surface area contributed by atoms with Crippen LogP contribution in [0.15, 0.2) is 21.4 Å². The average Bonchev–Trinajstić information content (AvgIpc) is 2.88. The molecule has 0 unspecified atom stereocenters. The first-order valence-electron chi connectivity index (χ1n) is 8.13. The highest BCUT2D eigenvalue weighted by Crippen LogP contribution is 2.36. The fourth-order valence-electron chi connectivity index (χ4n) is 2.12. The van der Waals surface area contributed by atoms with Crippen molar-refractivity contribution in [1.29, 1.82) is 0 Å². The van der Waals surface area contributed by atoms with Gasteiger partial charge in [-0.15, -0.1) is 11.3 Å². The average molecular weight is 440 g/mol. The highest BCUT2D eigenvalue weighted by molar-refractivity contribution is 9.10. The molecule has 0 bridgehead atoms. The Morgan fingerprint density at radius 3 is 2.62 bits per heavy atom. The molecule has 0 fully saturated rings.